The average Bonchev–Trinajstić information content (AvgIpc) is 2.95. The molecule has 2 atom stereocenters. The Morgan fingerprint density at radius 1 is 0.682 bits per heavy atom. The van der Waals surface area contributed by atoms with E-state index < -0.39 is 16.2 Å². The Balaban J connectivity index is 3.95. The summed E-state index contributed by atoms with van der Waals surface area (Å²) in [5, 5.41) is 6.04. The van der Waals surface area contributed by atoms with Gasteiger partial charge in [0, 0.05) is 25.1 Å². The third-order valence-electron chi connectivity index (χ3n) is 8.97. The van der Waals surface area contributed by atoms with Crippen molar-refractivity contribution in [3.05, 3.63) is 0 Å². The van der Waals surface area contributed by atoms with Crippen LogP contribution in [0, 0.1) is 5.92 Å². The van der Waals surface area contributed by atoms with Crippen molar-refractivity contribution >= 4 is 21.9 Å². The number of nitrogens with zero attached hydrogens (tertiary/aromatic N) is 1. The Morgan fingerprint density at radius 3 is 1.61 bits per heavy atom. The number of carbonyl (C=O) groups is 2. The van der Waals surface area contributed by atoms with Crippen LogP contribution in [-0.2, 0) is 19.7 Å². The maximum absolute atomic E-state index is 12.9. The minimum atomic E-state index is -4.16. The van der Waals surface area contributed by atoms with Crippen LogP contribution in [-0.4, -0.2) is 74.8 Å². The average molecular weight is 646 g/mol. The molecule has 0 aromatic heterocycles. The van der Waals surface area contributed by atoms with Crippen LogP contribution in [0.3, 0.4) is 0 Å². The quantitative estimate of drug-likeness (QED) is 0.0461. The summed E-state index contributed by atoms with van der Waals surface area (Å²) in [5.74, 6) is -0.407. The number of rotatable bonds is 31. The number of hydrogen-bond donors (Lipinski definition) is 2. The lowest BCUT2D eigenvalue weighted by Gasteiger charge is -2.30. The molecule has 44 heavy (non-hydrogen) atoms. The molecule has 2 N–H and O–H groups in total. The van der Waals surface area contributed by atoms with Gasteiger partial charge in [0.25, 0.3) is 0 Å². The SMILES string of the molecule is CCCCCCCCCCCCCCCCCCNC(=O)[C@@H](NC(=O)CCCCC[N+](C)(C)CCCS(=O)(=O)[O-])[C@@H](C)CC. The van der Waals surface area contributed by atoms with Crippen LogP contribution >= 0.6 is 0 Å². The van der Waals surface area contributed by atoms with E-state index in [-0.39, 0.29) is 23.5 Å². The molecule has 2 amide bonds. The van der Waals surface area contributed by atoms with Gasteiger partial charge in [-0.05, 0) is 31.6 Å². The summed E-state index contributed by atoms with van der Waals surface area (Å²) in [4.78, 5) is 25.5. The molecule has 9 heteroatoms. The molecule has 0 spiro atoms. The monoisotopic (exact) mass is 646 g/mol. The third-order valence-corrected chi connectivity index (χ3v) is 9.76. The molecule has 0 aromatic rings. The lowest BCUT2D eigenvalue weighted by Crippen LogP contribution is -2.50. The molecule has 0 unspecified atom stereocenters. The number of hydrogen-bond acceptors (Lipinski definition) is 5. The van der Waals surface area contributed by atoms with Crippen LogP contribution in [0.5, 0.6) is 0 Å². The zero-order valence-electron chi connectivity index (χ0n) is 29.4. The number of nitrogens with one attached hydrogen (secondary N) is 2. The molecule has 0 fully saturated rings. The maximum Gasteiger partial charge on any atom is 0.242 e. The second kappa shape index (κ2) is 27.0. The van der Waals surface area contributed by atoms with Gasteiger partial charge < -0.3 is 19.7 Å². The van der Waals surface area contributed by atoms with Crippen LogP contribution in [0.1, 0.15) is 162 Å². The van der Waals surface area contributed by atoms with E-state index in [1.165, 1.54) is 89.9 Å². The fourth-order valence-corrected chi connectivity index (χ4v) is 6.21. The summed E-state index contributed by atoms with van der Waals surface area (Å²) >= 11 is 0. The van der Waals surface area contributed by atoms with Gasteiger partial charge in [-0.2, -0.15) is 0 Å². The van der Waals surface area contributed by atoms with Crippen LogP contribution in [0.2, 0.25) is 0 Å². The summed E-state index contributed by atoms with van der Waals surface area (Å²) in [6.07, 6.45) is 25.3. The minimum Gasteiger partial charge on any atom is -0.748 e. The van der Waals surface area contributed by atoms with E-state index in [9.17, 15) is 22.6 Å². The van der Waals surface area contributed by atoms with Crippen molar-refractivity contribution in [2.75, 3.05) is 39.5 Å². The predicted octanol–water partition coefficient (Wildman–Crippen LogP) is 7.47. The normalized spacial score (nSPS) is 13.5. The van der Waals surface area contributed by atoms with E-state index >= 15 is 0 Å². The first-order valence-electron chi connectivity index (χ1n) is 18.2. The topological polar surface area (TPSA) is 115 Å². The Kier molecular flexibility index (Phi) is 26.2. The molecule has 0 radical (unpaired) electrons. The number of amides is 2. The summed E-state index contributed by atoms with van der Waals surface area (Å²) in [5.41, 5.74) is 0. The summed E-state index contributed by atoms with van der Waals surface area (Å²) in [6.45, 7) is 8.48. The molecule has 8 nitrogen and oxygen atoms in total. The smallest absolute Gasteiger partial charge is 0.242 e. The predicted molar refractivity (Wildman–Crippen MR) is 183 cm³/mol. The second-order valence-corrected chi connectivity index (χ2v) is 15.4. The van der Waals surface area contributed by atoms with Crippen LogP contribution in [0.4, 0.5) is 0 Å². The van der Waals surface area contributed by atoms with Gasteiger partial charge in [0.1, 0.15) is 6.04 Å². The first-order valence-corrected chi connectivity index (χ1v) is 19.8. The summed E-state index contributed by atoms with van der Waals surface area (Å²) in [7, 11) is -0.107. The fraction of sp³-hybridized carbons (Fsp3) is 0.943. The van der Waals surface area contributed by atoms with Crippen molar-refractivity contribution in [2.24, 2.45) is 5.92 Å². The Bertz CT molecular complexity index is 819. The molecule has 0 aliphatic rings. The molecular weight excluding hydrogens is 574 g/mol. The fourth-order valence-electron chi connectivity index (χ4n) is 5.73. The first-order chi connectivity index (χ1) is 20.9. The van der Waals surface area contributed by atoms with Gasteiger partial charge >= 0.3 is 0 Å². The molecule has 0 heterocycles. The van der Waals surface area contributed by atoms with Crippen molar-refractivity contribution in [3.8, 4) is 0 Å². The molecule has 0 aliphatic heterocycles. The largest absolute Gasteiger partial charge is 0.748 e. The van der Waals surface area contributed by atoms with Crippen LogP contribution < -0.4 is 10.6 Å². The van der Waals surface area contributed by atoms with Crippen LogP contribution in [0.15, 0.2) is 0 Å². The van der Waals surface area contributed by atoms with Crippen molar-refractivity contribution < 1.29 is 27.0 Å². The van der Waals surface area contributed by atoms with Crippen LogP contribution in [0.25, 0.3) is 0 Å². The van der Waals surface area contributed by atoms with E-state index in [4.69, 9.17) is 0 Å². The van der Waals surface area contributed by atoms with Gasteiger partial charge in [0.05, 0.1) is 37.3 Å². The Hall–Kier alpha value is -1.19. The summed E-state index contributed by atoms with van der Waals surface area (Å²) in [6, 6.07) is -0.499. The third kappa shape index (κ3) is 27.1. The number of carbonyl (C=O) groups excluding carboxylic acids is 2. The van der Waals surface area contributed by atoms with E-state index in [0.717, 1.165) is 45.1 Å². The van der Waals surface area contributed by atoms with Gasteiger partial charge in [-0.15, -0.1) is 0 Å². The highest BCUT2D eigenvalue weighted by Gasteiger charge is 2.25. The van der Waals surface area contributed by atoms with E-state index in [1.54, 1.807) is 0 Å². The lowest BCUT2D eigenvalue weighted by atomic mass is 9.98. The molecular formula is C35H71N3O5S. The first kappa shape index (κ1) is 42.8. The van der Waals surface area contributed by atoms with Gasteiger partial charge in [-0.25, -0.2) is 8.42 Å². The van der Waals surface area contributed by atoms with Crippen molar-refractivity contribution in [3.63, 3.8) is 0 Å². The molecule has 0 aliphatic carbocycles. The molecule has 0 saturated heterocycles. The zero-order chi connectivity index (χ0) is 33.1. The van der Waals surface area contributed by atoms with Gasteiger partial charge in [-0.3, -0.25) is 9.59 Å². The molecule has 0 aromatic carbocycles. The Labute approximate surface area is 272 Å². The summed E-state index contributed by atoms with van der Waals surface area (Å²) < 4.78 is 33.1. The number of quaternary nitrogens is 1. The minimum absolute atomic E-state index is 0.0702. The standard InChI is InChI=1S/C35H71N3O5S/c1-6-8-9-10-11-12-13-14-15-16-17-18-19-20-21-24-28-36-35(40)34(32(3)7-2)37-33(39)27-23-22-25-29-38(4,5)30-26-31-44(41,42)43/h32,34H,6-31H2,1-5H3,(H2-,36,37,39,40,41,42,43)/t32-,34-/m0/s1. The van der Waals surface area contributed by atoms with E-state index in [2.05, 4.69) is 17.6 Å². The van der Waals surface area contributed by atoms with Crippen molar-refractivity contribution in [1.29, 1.82) is 0 Å². The number of unbranched alkanes of at least 4 members (excludes halogenated alkanes) is 17. The maximum atomic E-state index is 12.9. The molecule has 262 valence electrons. The van der Waals surface area contributed by atoms with E-state index in [0.29, 0.717) is 30.4 Å². The highest BCUT2D eigenvalue weighted by molar-refractivity contribution is 7.85. The molecule has 0 rings (SSSR count). The molecule has 0 saturated carbocycles. The second-order valence-electron chi connectivity index (χ2n) is 13.8. The van der Waals surface area contributed by atoms with Gasteiger partial charge in [0.2, 0.25) is 11.8 Å². The zero-order valence-corrected chi connectivity index (χ0v) is 30.3. The van der Waals surface area contributed by atoms with E-state index in [1.807, 2.05) is 27.9 Å². The highest BCUT2D eigenvalue weighted by Crippen LogP contribution is 2.14. The Morgan fingerprint density at radius 2 is 1.14 bits per heavy atom. The lowest BCUT2D eigenvalue weighted by molar-refractivity contribution is -0.890. The highest BCUT2D eigenvalue weighted by atomic mass is 32.2. The van der Waals surface area contributed by atoms with Gasteiger partial charge in [-0.1, -0.05) is 124 Å². The van der Waals surface area contributed by atoms with Crippen molar-refractivity contribution in [2.45, 2.75) is 168 Å². The molecule has 0 bridgehead atoms. The van der Waals surface area contributed by atoms with Crippen molar-refractivity contribution in [1.82, 2.24) is 10.6 Å². The van der Waals surface area contributed by atoms with Gasteiger partial charge in [0.15, 0.2) is 0 Å².